The summed E-state index contributed by atoms with van der Waals surface area (Å²) in [6.45, 7) is 1.43. The fourth-order valence-electron chi connectivity index (χ4n) is 2.60. The molecule has 1 heterocycles. The number of carbonyl (C=O) groups is 1. The molecule has 0 spiro atoms. The number of hydrogen-bond donors (Lipinski definition) is 0. The van der Waals surface area contributed by atoms with Crippen LogP contribution >= 0.6 is 0 Å². The Kier molecular flexibility index (Phi) is 5.14. The molecule has 0 aromatic heterocycles. The van der Waals surface area contributed by atoms with E-state index < -0.39 is 24.1 Å². The normalized spacial score (nSPS) is 19.8. The number of halogens is 3. The van der Waals surface area contributed by atoms with Crippen molar-refractivity contribution in [2.75, 3.05) is 13.1 Å². The molecule has 124 valence electrons. The molecule has 0 radical (unpaired) electrons. The maximum Gasteiger partial charge on any atom is 0.393 e. The quantitative estimate of drug-likeness (QED) is 0.857. The zero-order valence-electron chi connectivity index (χ0n) is 12.6. The van der Waals surface area contributed by atoms with Crippen molar-refractivity contribution in [2.24, 2.45) is 5.92 Å². The number of benzene rings is 1. The minimum absolute atomic E-state index is 0.0415. The van der Waals surface area contributed by atoms with Crippen LogP contribution in [0.4, 0.5) is 13.2 Å². The second-order valence-electron chi connectivity index (χ2n) is 5.53. The number of carbonyl (C=O) groups excluding carboxylic acids is 1. The number of amides is 1. The van der Waals surface area contributed by atoms with Crippen LogP contribution in [0.15, 0.2) is 24.3 Å². The molecule has 1 amide bonds. The number of ether oxygens (including phenoxy) is 1. The Balaban J connectivity index is 2.03. The van der Waals surface area contributed by atoms with Gasteiger partial charge in [-0.1, -0.05) is 12.1 Å². The van der Waals surface area contributed by atoms with Crippen molar-refractivity contribution >= 4 is 5.91 Å². The van der Waals surface area contributed by atoms with Crippen molar-refractivity contribution in [3.8, 4) is 11.8 Å². The van der Waals surface area contributed by atoms with Gasteiger partial charge in [0.1, 0.15) is 11.8 Å². The van der Waals surface area contributed by atoms with E-state index in [-0.39, 0.29) is 24.3 Å². The molecule has 0 N–H and O–H groups in total. The predicted octanol–water partition coefficient (Wildman–Crippen LogP) is 3.13. The summed E-state index contributed by atoms with van der Waals surface area (Å²) in [5, 5.41) is 8.99. The molecular weight excluding hydrogens is 309 g/mol. The van der Waals surface area contributed by atoms with Crippen molar-refractivity contribution in [3.63, 3.8) is 0 Å². The monoisotopic (exact) mass is 326 g/mol. The van der Waals surface area contributed by atoms with Crippen LogP contribution in [0.25, 0.3) is 0 Å². The topological polar surface area (TPSA) is 53.3 Å². The van der Waals surface area contributed by atoms with Crippen LogP contribution in [0, 0.1) is 17.2 Å². The fraction of sp³-hybridized carbons (Fsp3) is 0.500. The van der Waals surface area contributed by atoms with Gasteiger partial charge < -0.3 is 9.64 Å². The highest BCUT2D eigenvalue weighted by Crippen LogP contribution is 2.33. The number of alkyl halides is 3. The summed E-state index contributed by atoms with van der Waals surface area (Å²) in [4.78, 5) is 13.5. The largest absolute Gasteiger partial charge is 0.480 e. The van der Waals surface area contributed by atoms with Gasteiger partial charge in [-0.3, -0.25) is 4.79 Å². The van der Waals surface area contributed by atoms with Gasteiger partial charge in [-0.25, -0.2) is 0 Å². The van der Waals surface area contributed by atoms with Crippen LogP contribution in [0.1, 0.15) is 25.3 Å². The summed E-state index contributed by atoms with van der Waals surface area (Å²) < 4.78 is 43.9. The highest BCUT2D eigenvalue weighted by Gasteiger charge is 2.43. The zero-order valence-corrected chi connectivity index (χ0v) is 12.6. The smallest absolute Gasteiger partial charge is 0.393 e. The van der Waals surface area contributed by atoms with Crippen molar-refractivity contribution in [2.45, 2.75) is 32.0 Å². The number of hydrogen-bond acceptors (Lipinski definition) is 3. The fourth-order valence-corrected chi connectivity index (χ4v) is 2.60. The summed E-state index contributed by atoms with van der Waals surface area (Å²) in [5.41, 5.74) is 0.277. The van der Waals surface area contributed by atoms with Crippen molar-refractivity contribution in [1.29, 1.82) is 5.26 Å². The lowest BCUT2D eigenvalue weighted by molar-refractivity contribution is -0.189. The maximum atomic E-state index is 12.8. The molecule has 4 nitrogen and oxygen atoms in total. The minimum atomic E-state index is -4.30. The van der Waals surface area contributed by atoms with Gasteiger partial charge in [0.25, 0.3) is 5.91 Å². The van der Waals surface area contributed by atoms with Crippen LogP contribution in [0.5, 0.6) is 5.75 Å². The predicted molar refractivity (Wildman–Crippen MR) is 76.6 cm³/mol. The number of para-hydroxylation sites is 1. The highest BCUT2D eigenvalue weighted by molar-refractivity contribution is 5.81. The van der Waals surface area contributed by atoms with E-state index in [4.69, 9.17) is 10.00 Å². The number of piperidine rings is 1. The van der Waals surface area contributed by atoms with Crippen LogP contribution < -0.4 is 4.74 Å². The molecule has 2 atom stereocenters. The highest BCUT2D eigenvalue weighted by atomic mass is 19.4. The molecular formula is C16H17F3N2O2. The zero-order chi connectivity index (χ0) is 17.0. The van der Waals surface area contributed by atoms with Crippen LogP contribution in [-0.2, 0) is 4.79 Å². The first-order valence-corrected chi connectivity index (χ1v) is 7.34. The first kappa shape index (κ1) is 17.1. The molecule has 0 saturated carbocycles. The third-order valence-electron chi connectivity index (χ3n) is 3.85. The number of nitrogens with zero attached hydrogens (tertiary/aromatic N) is 2. The summed E-state index contributed by atoms with van der Waals surface area (Å²) in [7, 11) is 0. The van der Waals surface area contributed by atoms with E-state index in [0.717, 1.165) is 0 Å². The molecule has 2 rings (SSSR count). The maximum absolute atomic E-state index is 12.8. The molecule has 0 unspecified atom stereocenters. The summed E-state index contributed by atoms with van der Waals surface area (Å²) in [6, 6.07) is 8.37. The summed E-state index contributed by atoms with van der Waals surface area (Å²) >= 11 is 0. The minimum Gasteiger partial charge on any atom is -0.480 e. The molecule has 0 aliphatic carbocycles. The molecule has 0 bridgehead atoms. The van der Waals surface area contributed by atoms with Crippen LogP contribution in [0.2, 0.25) is 0 Å². The van der Waals surface area contributed by atoms with E-state index >= 15 is 0 Å². The van der Waals surface area contributed by atoms with Gasteiger partial charge in [-0.05, 0) is 31.9 Å². The van der Waals surface area contributed by atoms with Gasteiger partial charge in [0, 0.05) is 13.1 Å². The van der Waals surface area contributed by atoms with Crippen molar-refractivity contribution in [3.05, 3.63) is 29.8 Å². The Morgan fingerprint density at radius 3 is 2.78 bits per heavy atom. The Morgan fingerprint density at radius 2 is 2.13 bits per heavy atom. The number of likely N-dealkylation sites (tertiary alicyclic amines) is 1. The molecule has 1 aromatic carbocycles. The van der Waals surface area contributed by atoms with Gasteiger partial charge in [0.15, 0.2) is 6.10 Å². The third kappa shape index (κ3) is 4.15. The molecule has 1 aliphatic rings. The number of rotatable bonds is 3. The average molecular weight is 326 g/mol. The molecule has 1 aromatic rings. The SMILES string of the molecule is C[C@@H](Oc1ccccc1C#N)C(=O)N1CCC[C@H](C(F)(F)F)C1. The van der Waals surface area contributed by atoms with Gasteiger partial charge in [-0.15, -0.1) is 0 Å². The van der Waals surface area contributed by atoms with Crippen molar-refractivity contribution in [1.82, 2.24) is 4.90 Å². The molecule has 23 heavy (non-hydrogen) atoms. The standard InChI is InChI=1S/C16H17F3N2O2/c1-11(23-14-7-3-2-5-12(14)9-20)15(22)21-8-4-6-13(10-21)16(17,18)19/h2-3,5,7,11,13H,4,6,8,10H2,1H3/t11-,13+/m1/s1. The molecule has 1 aliphatic heterocycles. The van der Waals surface area contributed by atoms with Crippen molar-refractivity contribution < 1.29 is 22.7 Å². The molecule has 1 saturated heterocycles. The first-order valence-electron chi connectivity index (χ1n) is 7.34. The molecule has 1 fully saturated rings. The Hall–Kier alpha value is -2.23. The van der Waals surface area contributed by atoms with Gasteiger partial charge >= 0.3 is 6.18 Å². The average Bonchev–Trinajstić information content (AvgIpc) is 2.54. The summed E-state index contributed by atoms with van der Waals surface area (Å²) in [6.07, 6.45) is -4.88. The second-order valence-corrected chi connectivity index (χ2v) is 5.53. The van der Waals surface area contributed by atoms with Gasteiger partial charge in [0.05, 0.1) is 11.5 Å². The van der Waals surface area contributed by atoms with E-state index in [0.29, 0.717) is 13.0 Å². The Morgan fingerprint density at radius 1 is 1.43 bits per heavy atom. The van der Waals surface area contributed by atoms with E-state index in [1.165, 1.54) is 11.8 Å². The number of nitriles is 1. The van der Waals surface area contributed by atoms with Gasteiger partial charge in [0.2, 0.25) is 0 Å². The van der Waals surface area contributed by atoms with E-state index in [1.54, 1.807) is 24.3 Å². The summed E-state index contributed by atoms with van der Waals surface area (Å²) in [5.74, 6) is -1.73. The lowest BCUT2D eigenvalue weighted by Gasteiger charge is -2.35. The van der Waals surface area contributed by atoms with E-state index in [2.05, 4.69) is 0 Å². The van der Waals surface area contributed by atoms with E-state index in [9.17, 15) is 18.0 Å². The molecule has 7 heteroatoms. The lowest BCUT2D eigenvalue weighted by Crippen LogP contribution is -2.48. The van der Waals surface area contributed by atoms with Gasteiger partial charge in [-0.2, -0.15) is 18.4 Å². The van der Waals surface area contributed by atoms with E-state index in [1.807, 2.05) is 6.07 Å². The third-order valence-corrected chi connectivity index (χ3v) is 3.85. The second kappa shape index (κ2) is 6.90. The van der Waals surface area contributed by atoms with Crippen LogP contribution in [-0.4, -0.2) is 36.2 Å². The Labute approximate surface area is 132 Å². The first-order chi connectivity index (χ1) is 10.8. The Bertz CT molecular complexity index is 610. The lowest BCUT2D eigenvalue weighted by atomic mass is 9.97. The van der Waals surface area contributed by atoms with Crippen LogP contribution in [0.3, 0.4) is 0 Å².